The van der Waals surface area contributed by atoms with Gasteiger partial charge in [0, 0.05) is 22.9 Å². The van der Waals surface area contributed by atoms with E-state index in [1.165, 1.54) is 25.7 Å². The number of amides is 1. The molecule has 0 radical (unpaired) electrons. The van der Waals surface area contributed by atoms with E-state index >= 15 is 0 Å². The molecule has 2 bridgehead atoms. The van der Waals surface area contributed by atoms with Crippen LogP contribution in [0.15, 0.2) is 22.7 Å². The summed E-state index contributed by atoms with van der Waals surface area (Å²) in [7, 11) is 0. The molecule has 4 rings (SSSR count). The molecule has 1 heterocycles. The zero-order valence-corrected chi connectivity index (χ0v) is 14.3. The predicted octanol–water partition coefficient (Wildman–Crippen LogP) is 4.22. The van der Waals surface area contributed by atoms with Gasteiger partial charge in [-0.2, -0.15) is 0 Å². The quantitative estimate of drug-likeness (QED) is 0.872. The number of nitrogens with one attached hydrogen (secondary N) is 1. The van der Waals surface area contributed by atoms with E-state index in [9.17, 15) is 4.79 Å². The highest BCUT2D eigenvalue weighted by molar-refractivity contribution is 9.10. The molecule has 4 atom stereocenters. The summed E-state index contributed by atoms with van der Waals surface area (Å²) in [5.41, 5.74) is 1.10. The lowest BCUT2D eigenvalue weighted by Gasteiger charge is -2.28. The Bertz CT molecular complexity index is 588. The van der Waals surface area contributed by atoms with Crippen molar-refractivity contribution >= 4 is 21.8 Å². The highest BCUT2D eigenvalue weighted by atomic mass is 79.9. The van der Waals surface area contributed by atoms with Crippen LogP contribution in [-0.4, -0.2) is 12.5 Å². The van der Waals surface area contributed by atoms with Crippen molar-refractivity contribution < 1.29 is 9.53 Å². The van der Waals surface area contributed by atoms with E-state index in [1.54, 1.807) is 0 Å². The Balaban J connectivity index is 1.41. The molecule has 118 valence electrons. The molecule has 1 amide bonds. The smallest absolute Gasteiger partial charge is 0.220 e. The first-order valence-corrected chi connectivity index (χ1v) is 9.20. The van der Waals surface area contributed by atoms with Crippen LogP contribution in [0.1, 0.15) is 50.1 Å². The van der Waals surface area contributed by atoms with Gasteiger partial charge in [-0.1, -0.05) is 22.4 Å². The minimum absolute atomic E-state index is 0.0901. The molecule has 1 N–H and O–H groups in total. The molecular formula is C18H22BrNO2. The van der Waals surface area contributed by atoms with Crippen molar-refractivity contribution in [2.75, 3.05) is 6.61 Å². The highest BCUT2D eigenvalue weighted by Crippen LogP contribution is 2.49. The molecule has 4 heteroatoms. The van der Waals surface area contributed by atoms with Crippen molar-refractivity contribution in [3.05, 3.63) is 28.2 Å². The lowest BCUT2D eigenvalue weighted by Crippen LogP contribution is -2.33. The molecular weight excluding hydrogens is 342 g/mol. The summed E-state index contributed by atoms with van der Waals surface area (Å²) in [6.45, 7) is 0.674. The molecule has 0 saturated heterocycles. The van der Waals surface area contributed by atoms with Gasteiger partial charge in [-0.3, -0.25) is 4.79 Å². The van der Waals surface area contributed by atoms with Gasteiger partial charge in [-0.15, -0.1) is 0 Å². The first-order valence-electron chi connectivity index (χ1n) is 8.40. The second-order valence-corrected chi connectivity index (χ2v) is 7.99. The summed E-state index contributed by atoms with van der Waals surface area (Å²) < 4.78 is 6.72. The maximum absolute atomic E-state index is 12.5. The molecule has 1 aromatic rings. The maximum Gasteiger partial charge on any atom is 0.220 e. The fourth-order valence-electron chi connectivity index (χ4n) is 4.63. The largest absolute Gasteiger partial charge is 0.493 e. The van der Waals surface area contributed by atoms with Gasteiger partial charge in [0.2, 0.25) is 5.91 Å². The van der Waals surface area contributed by atoms with Crippen LogP contribution < -0.4 is 10.1 Å². The molecule has 4 unspecified atom stereocenters. The van der Waals surface area contributed by atoms with Crippen LogP contribution in [-0.2, 0) is 4.79 Å². The maximum atomic E-state index is 12.5. The average molecular weight is 364 g/mol. The van der Waals surface area contributed by atoms with Crippen LogP contribution >= 0.6 is 15.9 Å². The number of benzene rings is 1. The standard InChI is InChI=1S/C18H22BrNO2/c19-14-3-4-17-15(10-14)16(5-6-22-17)20-18(21)9-13-8-11-1-2-12(13)7-11/h3-4,10-13,16H,1-2,5-9H2,(H,20,21). The third-order valence-corrected chi connectivity index (χ3v) is 6.17. The summed E-state index contributed by atoms with van der Waals surface area (Å²) >= 11 is 3.51. The fourth-order valence-corrected chi connectivity index (χ4v) is 5.01. The van der Waals surface area contributed by atoms with Gasteiger partial charge in [-0.05, 0) is 55.2 Å². The normalized spacial score (nSPS) is 32.4. The van der Waals surface area contributed by atoms with Crippen molar-refractivity contribution in [3.63, 3.8) is 0 Å². The number of hydrogen-bond donors (Lipinski definition) is 1. The SMILES string of the molecule is O=C(CC1CC2CCC1C2)NC1CCOc2ccc(Br)cc21. The molecule has 3 aliphatic rings. The van der Waals surface area contributed by atoms with Crippen LogP contribution in [0.4, 0.5) is 0 Å². The van der Waals surface area contributed by atoms with Crippen molar-refractivity contribution in [1.29, 1.82) is 0 Å². The van der Waals surface area contributed by atoms with Crippen LogP contribution in [0.3, 0.4) is 0 Å². The van der Waals surface area contributed by atoms with Crippen molar-refractivity contribution in [3.8, 4) is 5.75 Å². The van der Waals surface area contributed by atoms with E-state index in [0.29, 0.717) is 18.9 Å². The van der Waals surface area contributed by atoms with Crippen LogP contribution in [0, 0.1) is 17.8 Å². The van der Waals surface area contributed by atoms with E-state index in [0.717, 1.165) is 34.0 Å². The highest BCUT2D eigenvalue weighted by Gasteiger charge is 2.40. The van der Waals surface area contributed by atoms with Gasteiger partial charge in [0.1, 0.15) is 5.75 Å². The van der Waals surface area contributed by atoms with Crippen LogP contribution in [0.2, 0.25) is 0 Å². The number of rotatable bonds is 3. The average Bonchev–Trinajstić information content (AvgIpc) is 3.10. The molecule has 2 saturated carbocycles. The number of carbonyl (C=O) groups is 1. The number of halogens is 1. The molecule has 22 heavy (non-hydrogen) atoms. The van der Waals surface area contributed by atoms with Crippen LogP contribution in [0.5, 0.6) is 5.75 Å². The molecule has 2 fully saturated rings. The van der Waals surface area contributed by atoms with Crippen molar-refractivity contribution in [2.45, 2.75) is 44.6 Å². The zero-order valence-electron chi connectivity index (χ0n) is 12.7. The minimum Gasteiger partial charge on any atom is -0.493 e. The molecule has 1 aromatic carbocycles. The summed E-state index contributed by atoms with van der Waals surface area (Å²) in [5.74, 6) is 3.46. The van der Waals surface area contributed by atoms with E-state index in [2.05, 4.69) is 27.3 Å². The summed E-state index contributed by atoms with van der Waals surface area (Å²) in [6, 6.07) is 6.12. The third kappa shape index (κ3) is 2.78. The Morgan fingerprint density at radius 1 is 1.27 bits per heavy atom. The minimum atomic E-state index is 0.0901. The predicted molar refractivity (Wildman–Crippen MR) is 88.7 cm³/mol. The monoisotopic (exact) mass is 363 g/mol. The number of ether oxygens (including phenoxy) is 1. The molecule has 0 spiro atoms. The first kappa shape index (κ1) is 14.6. The van der Waals surface area contributed by atoms with E-state index < -0.39 is 0 Å². The molecule has 1 aliphatic heterocycles. The van der Waals surface area contributed by atoms with Crippen molar-refractivity contribution in [1.82, 2.24) is 5.32 Å². The second-order valence-electron chi connectivity index (χ2n) is 7.08. The summed E-state index contributed by atoms with van der Waals surface area (Å²) in [4.78, 5) is 12.5. The number of carbonyl (C=O) groups excluding carboxylic acids is 1. The van der Waals surface area contributed by atoms with E-state index in [-0.39, 0.29) is 11.9 Å². The number of fused-ring (bicyclic) bond motifs is 3. The van der Waals surface area contributed by atoms with E-state index in [1.807, 2.05) is 12.1 Å². The lowest BCUT2D eigenvalue weighted by atomic mass is 9.86. The van der Waals surface area contributed by atoms with Gasteiger partial charge in [-0.25, -0.2) is 0 Å². The van der Waals surface area contributed by atoms with Gasteiger partial charge in [0.15, 0.2) is 0 Å². The van der Waals surface area contributed by atoms with Gasteiger partial charge < -0.3 is 10.1 Å². The Hall–Kier alpha value is -1.03. The molecule has 0 aromatic heterocycles. The first-order chi connectivity index (χ1) is 10.7. The summed E-state index contributed by atoms with van der Waals surface area (Å²) in [5, 5.41) is 3.25. The van der Waals surface area contributed by atoms with Gasteiger partial charge in [0.25, 0.3) is 0 Å². The fraction of sp³-hybridized carbons (Fsp3) is 0.611. The van der Waals surface area contributed by atoms with Crippen molar-refractivity contribution in [2.24, 2.45) is 17.8 Å². The zero-order chi connectivity index (χ0) is 15.1. The topological polar surface area (TPSA) is 38.3 Å². The van der Waals surface area contributed by atoms with Gasteiger partial charge >= 0.3 is 0 Å². The Kier molecular flexibility index (Phi) is 3.89. The Labute approximate surface area is 139 Å². The Morgan fingerprint density at radius 3 is 2.95 bits per heavy atom. The molecule has 2 aliphatic carbocycles. The number of hydrogen-bond acceptors (Lipinski definition) is 2. The van der Waals surface area contributed by atoms with Gasteiger partial charge in [0.05, 0.1) is 12.6 Å². The second kappa shape index (κ2) is 5.88. The third-order valence-electron chi connectivity index (χ3n) is 5.68. The van der Waals surface area contributed by atoms with E-state index in [4.69, 9.17) is 4.74 Å². The molecule has 3 nitrogen and oxygen atoms in total. The summed E-state index contributed by atoms with van der Waals surface area (Å²) in [6.07, 6.45) is 6.94. The Morgan fingerprint density at radius 2 is 2.18 bits per heavy atom. The lowest BCUT2D eigenvalue weighted by molar-refractivity contribution is -0.123. The van der Waals surface area contributed by atoms with Crippen LogP contribution in [0.25, 0.3) is 0 Å².